The van der Waals surface area contributed by atoms with E-state index in [4.69, 9.17) is 11.6 Å². The summed E-state index contributed by atoms with van der Waals surface area (Å²) in [6.45, 7) is 1.13. The van der Waals surface area contributed by atoms with Crippen molar-refractivity contribution >= 4 is 45.0 Å². The molecule has 2 aromatic rings. The van der Waals surface area contributed by atoms with Crippen molar-refractivity contribution in [1.29, 1.82) is 0 Å². The Morgan fingerprint density at radius 3 is 2.62 bits per heavy atom. The SMILES string of the molecule is O=C1NC2(CCN(C(=O)c3cccc(Br)c3)CC2)Nc2cc(Cl)ccc21. The molecule has 2 heterocycles. The van der Waals surface area contributed by atoms with Crippen LogP contribution in [0.3, 0.4) is 0 Å². The quantitative estimate of drug-likeness (QED) is 0.716. The molecule has 0 aliphatic carbocycles. The second-order valence-electron chi connectivity index (χ2n) is 6.65. The van der Waals surface area contributed by atoms with Crippen LogP contribution in [0.4, 0.5) is 5.69 Å². The first-order chi connectivity index (χ1) is 12.5. The van der Waals surface area contributed by atoms with E-state index < -0.39 is 5.66 Å². The molecule has 4 rings (SSSR count). The van der Waals surface area contributed by atoms with Gasteiger partial charge in [0.25, 0.3) is 11.8 Å². The van der Waals surface area contributed by atoms with E-state index >= 15 is 0 Å². The predicted octanol–water partition coefficient (Wildman–Crippen LogP) is 3.89. The highest BCUT2D eigenvalue weighted by Crippen LogP contribution is 2.33. The molecular weight excluding hydrogens is 418 g/mol. The standard InChI is InChI=1S/C19H17BrClN3O2/c20-13-3-1-2-12(10-13)18(26)24-8-6-19(7-9-24)22-16-11-14(21)4-5-15(16)17(25)23-19/h1-5,10-11,22H,6-9H2,(H,23,25). The lowest BCUT2D eigenvalue weighted by Gasteiger charge is -2.46. The van der Waals surface area contributed by atoms with Crippen LogP contribution < -0.4 is 10.6 Å². The van der Waals surface area contributed by atoms with E-state index in [0.717, 1.165) is 10.2 Å². The molecule has 0 bridgehead atoms. The molecule has 1 spiro atoms. The number of nitrogens with zero attached hydrogens (tertiary/aromatic N) is 1. The lowest BCUT2D eigenvalue weighted by molar-refractivity contribution is 0.0639. The number of carbonyl (C=O) groups is 2. The van der Waals surface area contributed by atoms with Crippen LogP contribution in [0, 0.1) is 0 Å². The van der Waals surface area contributed by atoms with Gasteiger partial charge in [-0.1, -0.05) is 33.6 Å². The maximum Gasteiger partial charge on any atom is 0.255 e. The fourth-order valence-corrected chi connectivity index (χ4v) is 4.11. The maximum atomic E-state index is 12.7. The predicted molar refractivity (Wildman–Crippen MR) is 105 cm³/mol. The highest BCUT2D eigenvalue weighted by Gasteiger charge is 2.41. The second-order valence-corrected chi connectivity index (χ2v) is 8.01. The lowest BCUT2D eigenvalue weighted by Crippen LogP contribution is -2.62. The van der Waals surface area contributed by atoms with Crippen LogP contribution in [0.5, 0.6) is 0 Å². The average Bonchev–Trinajstić information content (AvgIpc) is 2.61. The molecule has 0 saturated carbocycles. The van der Waals surface area contributed by atoms with Crippen LogP contribution in [-0.2, 0) is 0 Å². The third-order valence-corrected chi connectivity index (χ3v) is 5.66. The molecule has 2 amide bonds. The van der Waals surface area contributed by atoms with Crippen molar-refractivity contribution in [2.24, 2.45) is 0 Å². The van der Waals surface area contributed by atoms with E-state index in [1.807, 2.05) is 29.2 Å². The highest BCUT2D eigenvalue weighted by atomic mass is 79.9. The Morgan fingerprint density at radius 2 is 1.88 bits per heavy atom. The number of hydrogen-bond donors (Lipinski definition) is 2. The number of amides is 2. The summed E-state index contributed by atoms with van der Waals surface area (Å²) in [4.78, 5) is 27.0. The highest BCUT2D eigenvalue weighted by molar-refractivity contribution is 9.10. The first-order valence-corrected chi connectivity index (χ1v) is 9.58. The molecule has 0 unspecified atom stereocenters. The summed E-state index contributed by atoms with van der Waals surface area (Å²) in [5.74, 6) is -0.103. The largest absolute Gasteiger partial charge is 0.362 e. The average molecular weight is 435 g/mol. The van der Waals surface area contributed by atoms with Gasteiger partial charge >= 0.3 is 0 Å². The maximum absolute atomic E-state index is 12.7. The van der Waals surface area contributed by atoms with Crippen molar-refractivity contribution < 1.29 is 9.59 Å². The Morgan fingerprint density at radius 1 is 1.12 bits per heavy atom. The third-order valence-electron chi connectivity index (χ3n) is 4.93. The van der Waals surface area contributed by atoms with Gasteiger partial charge in [0, 0.05) is 41.0 Å². The molecule has 2 aliphatic rings. The van der Waals surface area contributed by atoms with Gasteiger partial charge in [-0.05, 0) is 36.4 Å². The number of halogens is 2. The van der Waals surface area contributed by atoms with E-state index in [1.54, 1.807) is 18.2 Å². The van der Waals surface area contributed by atoms with Crippen LogP contribution in [0.25, 0.3) is 0 Å². The molecule has 7 heteroatoms. The van der Waals surface area contributed by atoms with Crippen molar-refractivity contribution in [2.45, 2.75) is 18.5 Å². The van der Waals surface area contributed by atoms with Gasteiger partial charge in [-0.2, -0.15) is 0 Å². The molecule has 1 saturated heterocycles. The zero-order valence-corrected chi connectivity index (χ0v) is 16.2. The van der Waals surface area contributed by atoms with Crippen LogP contribution in [0.2, 0.25) is 5.02 Å². The molecule has 2 N–H and O–H groups in total. The first kappa shape index (κ1) is 17.4. The molecule has 5 nitrogen and oxygen atoms in total. The van der Waals surface area contributed by atoms with Gasteiger partial charge < -0.3 is 15.5 Å². The molecule has 0 atom stereocenters. The van der Waals surface area contributed by atoms with Gasteiger partial charge in [-0.25, -0.2) is 0 Å². The fraction of sp³-hybridized carbons (Fsp3) is 0.263. The number of fused-ring (bicyclic) bond motifs is 1. The number of piperidine rings is 1. The van der Waals surface area contributed by atoms with Crippen LogP contribution in [0.15, 0.2) is 46.9 Å². The van der Waals surface area contributed by atoms with Gasteiger partial charge in [-0.15, -0.1) is 0 Å². The van der Waals surface area contributed by atoms with Crippen LogP contribution in [-0.4, -0.2) is 35.5 Å². The Bertz CT molecular complexity index is 894. The number of nitrogens with one attached hydrogen (secondary N) is 2. The van der Waals surface area contributed by atoms with E-state index in [0.29, 0.717) is 42.1 Å². The zero-order chi connectivity index (χ0) is 18.3. The zero-order valence-electron chi connectivity index (χ0n) is 13.9. The molecule has 134 valence electrons. The number of rotatable bonds is 1. The third kappa shape index (κ3) is 3.19. The van der Waals surface area contributed by atoms with E-state index in [1.165, 1.54) is 0 Å². The monoisotopic (exact) mass is 433 g/mol. The summed E-state index contributed by atoms with van der Waals surface area (Å²) in [6.07, 6.45) is 1.26. The Balaban J connectivity index is 1.50. The number of anilines is 1. The molecule has 0 aromatic heterocycles. The van der Waals surface area contributed by atoms with Gasteiger partial charge in [0.1, 0.15) is 5.66 Å². The van der Waals surface area contributed by atoms with Crippen molar-refractivity contribution in [2.75, 3.05) is 18.4 Å². The molecule has 2 aromatic carbocycles. The minimum absolute atomic E-state index is 0.00623. The van der Waals surface area contributed by atoms with Gasteiger partial charge in [0.2, 0.25) is 0 Å². The summed E-state index contributed by atoms with van der Waals surface area (Å²) < 4.78 is 0.881. The molecule has 1 fully saturated rings. The van der Waals surface area contributed by atoms with Crippen molar-refractivity contribution in [1.82, 2.24) is 10.2 Å². The van der Waals surface area contributed by atoms with Gasteiger partial charge in [0.15, 0.2) is 0 Å². The van der Waals surface area contributed by atoms with Crippen LogP contribution in [0.1, 0.15) is 33.6 Å². The van der Waals surface area contributed by atoms with E-state index in [2.05, 4.69) is 26.6 Å². The van der Waals surface area contributed by atoms with Crippen molar-refractivity contribution in [3.63, 3.8) is 0 Å². The van der Waals surface area contributed by atoms with Crippen molar-refractivity contribution in [3.05, 3.63) is 63.1 Å². The normalized spacial score (nSPS) is 18.1. The molecular formula is C19H17BrClN3O2. The van der Waals surface area contributed by atoms with E-state index in [-0.39, 0.29) is 11.8 Å². The molecule has 2 aliphatic heterocycles. The number of carbonyl (C=O) groups excluding carboxylic acids is 2. The topological polar surface area (TPSA) is 61.4 Å². The second kappa shape index (κ2) is 6.59. The molecule has 26 heavy (non-hydrogen) atoms. The van der Waals surface area contributed by atoms with Gasteiger partial charge in [0.05, 0.1) is 11.3 Å². The summed E-state index contributed by atoms with van der Waals surface area (Å²) in [5.41, 5.74) is 1.46. The Labute approximate surface area is 164 Å². The summed E-state index contributed by atoms with van der Waals surface area (Å²) in [6, 6.07) is 12.6. The number of likely N-dealkylation sites (tertiary alicyclic amines) is 1. The summed E-state index contributed by atoms with van der Waals surface area (Å²) in [7, 11) is 0. The van der Waals surface area contributed by atoms with Crippen molar-refractivity contribution in [3.8, 4) is 0 Å². The smallest absolute Gasteiger partial charge is 0.255 e. The summed E-state index contributed by atoms with van der Waals surface area (Å²) in [5, 5.41) is 7.09. The lowest BCUT2D eigenvalue weighted by atomic mass is 9.92. The summed E-state index contributed by atoms with van der Waals surface area (Å²) >= 11 is 9.47. The fourth-order valence-electron chi connectivity index (χ4n) is 3.54. The first-order valence-electron chi connectivity index (χ1n) is 8.41. The number of hydrogen-bond acceptors (Lipinski definition) is 3. The van der Waals surface area contributed by atoms with E-state index in [9.17, 15) is 9.59 Å². The minimum atomic E-state index is -0.539. The van der Waals surface area contributed by atoms with Crippen LogP contribution >= 0.6 is 27.5 Å². The Hall–Kier alpha value is -2.05. The Kier molecular flexibility index (Phi) is 4.40. The van der Waals surface area contributed by atoms with Gasteiger partial charge in [-0.3, -0.25) is 9.59 Å². The minimum Gasteiger partial charge on any atom is -0.362 e. The number of benzene rings is 2. The molecule has 0 radical (unpaired) electrons.